The summed E-state index contributed by atoms with van der Waals surface area (Å²) in [6.07, 6.45) is 15.5. The minimum Gasteiger partial charge on any atom is -0.396 e. The molecule has 0 saturated carbocycles. The van der Waals surface area contributed by atoms with Crippen molar-refractivity contribution in [2.45, 2.75) is 33.1 Å². The third kappa shape index (κ3) is 5.68. The summed E-state index contributed by atoms with van der Waals surface area (Å²) in [7, 11) is 1.84. The highest BCUT2D eigenvalue weighted by Gasteiger charge is 2.28. The highest BCUT2D eigenvalue weighted by Crippen LogP contribution is 2.26. The van der Waals surface area contributed by atoms with Gasteiger partial charge in [0.15, 0.2) is 0 Å². The van der Waals surface area contributed by atoms with Gasteiger partial charge in [-0.2, -0.15) is 0 Å². The molecule has 1 amide bonds. The van der Waals surface area contributed by atoms with Crippen LogP contribution in [0.5, 0.6) is 0 Å². The van der Waals surface area contributed by atoms with Gasteiger partial charge in [0.05, 0.1) is 12.7 Å². The number of aliphatic hydroxyl groups excluding tert-OH is 1. The lowest BCUT2D eigenvalue weighted by Crippen LogP contribution is -2.40. The maximum atomic E-state index is 13.0. The van der Waals surface area contributed by atoms with E-state index in [-0.39, 0.29) is 18.4 Å². The highest BCUT2D eigenvalue weighted by molar-refractivity contribution is 6.32. The first-order chi connectivity index (χ1) is 13.0. The van der Waals surface area contributed by atoms with Crippen LogP contribution in [0.1, 0.15) is 33.1 Å². The van der Waals surface area contributed by atoms with E-state index in [1.54, 1.807) is 22.2 Å². The van der Waals surface area contributed by atoms with Crippen LogP contribution in [-0.4, -0.2) is 47.2 Å². The summed E-state index contributed by atoms with van der Waals surface area (Å²) < 4.78 is 0. The Morgan fingerprint density at radius 2 is 2.22 bits per heavy atom. The minimum absolute atomic E-state index is 0.104. The molecule has 1 aliphatic carbocycles. The van der Waals surface area contributed by atoms with Crippen molar-refractivity contribution in [1.82, 2.24) is 9.80 Å². The second-order valence-corrected chi connectivity index (χ2v) is 7.08. The molecule has 0 aromatic rings. The topological polar surface area (TPSA) is 56.1 Å². The van der Waals surface area contributed by atoms with Crippen LogP contribution in [0.2, 0.25) is 0 Å². The van der Waals surface area contributed by atoms with E-state index in [4.69, 9.17) is 16.7 Å². The van der Waals surface area contributed by atoms with Gasteiger partial charge < -0.3 is 14.9 Å². The molecule has 2 aliphatic rings. The molecule has 6 heteroatoms. The van der Waals surface area contributed by atoms with Gasteiger partial charge in [-0.3, -0.25) is 9.79 Å². The molecular formula is C21H28ClN3O2. The first kappa shape index (κ1) is 21.2. The van der Waals surface area contributed by atoms with Crippen molar-refractivity contribution >= 4 is 23.7 Å². The molecule has 2 rings (SSSR count). The molecule has 146 valence electrons. The smallest absolute Gasteiger partial charge is 0.276 e. The molecule has 0 radical (unpaired) electrons. The number of halogens is 1. The molecule has 1 unspecified atom stereocenters. The third-order valence-electron chi connectivity index (χ3n) is 4.68. The SMILES string of the molecule is CCC(C=N/C=C1/C(=O)N(CC2=CCC=CC=C2Cl)C(C)=CN1C)CCO. The Morgan fingerprint density at radius 1 is 1.44 bits per heavy atom. The van der Waals surface area contributed by atoms with Gasteiger partial charge in [0.25, 0.3) is 5.91 Å². The Hall–Kier alpha value is -2.11. The lowest BCUT2D eigenvalue weighted by molar-refractivity contribution is -0.127. The molecule has 27 heavy (non-hydrogen) atoms. The largest absolute Gasteiger partial charge is 0.396 e. The number of carbonyl (C=O) groups is 1. The summed E-state index contributed by atoms with van der Waals surface area (Å²) in [6, 6.07) is 0. The third-order valence-corrected chi connectivity index (χ3v) is 5.05. The van der Waals surface area contributed by atoms with E-state index in [0.717, 1.165) is 24.1 Å². The Morgan fingerprint density at radius 3 is 2.93 bits per heavy atom. The van der Waals surface area contributed by atoms with E-state index in [1.807, 2.05) is 44.5 Å². The van der Waals surface area contributed by atoms with Crippen LogP contribution in [0.3, 0.4) is 0 Å². The number of likely N-dealkylation sites (N-methyl/N-ethyl adjacent to an activating group) is 1. The second kappa shape index (κ2) is 10.3. The van der Waals surface area contributed by atoms with Crippen LogP contribution in [-0.2, 0) is 4.79 Å². The molecule has 0 aromatic carbocycles. The van der Waals surface area contributed by atoms with Crippen molar-refractivity contribution in [2.75, 3.05) is 20.2 Å². The summed E-state index contributed by atoms with van der Waals surface area (Å²) in [4.78, 5) is 20.9. The predicted octanol–water partition coefficient (Wildman–Crippen LogP) is 3.95. The fraction of sp³-hybridized carbons (Fsp3) is 0.429. The van der Waals surface area contributed by atoms with E-state index >= 15 is 0 Å². The zero-order valence-electron chi connectivity index (χ0n) is 16.2. The summed E-state index contributed by atoms with van der Waals surface area (Å²) in [5, 5.41) is 9.74. The number of allylic oxidation sites excluding steroid dienone is 5. The van der Waals surface area contributed by atoms with Crippen LogP contribution in [0, 0.1) is 5.92 Å². The van der Waals surface area contributed by atoms with Crippen LogP contribution < -0.4 is 0 Å². The normalized spacial score (nSPS) is 20.7. The lowest BCUT2D eigenvalue weighted by Gasteiger charge is -2.33. The minimum atomic E-state index is -0.104. The fourth-order valence-corrected chi connectivity index (χ4v) is 3.16. The van der Waals surface area contributed by atoms with Crippen LogP contribution in [0.25, 0.3) is 0 Å². The standard InChI is InChI=1S/C21H28ClN3O2/c1-4-17(10-11-26)12-23-13-20-21(27)25(16(2)14-24(20)3)15-18-8-6-5-7-9-19(18)22/h5,7-9,12-14,17,26H,4,6,10-11,15H2,1-3H3/b20-13-,23-12?. The summed E-state index contributed by atoms with van der Waals surface area (Å²) in [5.74, 6) is 0.101. The van der Waals surface area contributed by atoms with Gasteiger partial charge in [-0.1, -0.05) is 36.8 Å². The van der Waals surface area contributed by atoms with E-state index in [9.17, 15) is 4.79 Å². The fourth-order valence-electron chi connectivity index (χ4n) is 2.95. The molecule has 0 spiro atoms. The van der Waals surface area contributed by atoms with E-state index in [1.165, 1.54) is 0 Å². The second-order valence-electron chi connectivity index (χ2n) is 6.67. The first-order valence-electron chi connectivity index (χ1n) is 9.27. The van der Waals surface area contributed by atoms with Crippen molar-refractivity contribution in [1.29, 1.82) is 0 Å². The van der Waals surface area contributed by atoms with Crippen LogP contribution in [0.15, 0.2) is 63.7 Å². The molecule has 5 nitrogen and oxygen atoms in total. The number of rotatable bonds is 7. The maximum Gasteiger partial charge on any atom is 0.276 e. The number of hydrogen-bond acceptors (Lipinski definition) is 4. The van der Waals surface area contributed by atoms with Gasteiger partial charge >= 0.3 is 0 Å². The average molecular weight is 390 g/mol. The Kier molecular flexibility index (Phi) is 8.07. The molecule has 1 heterocycles. The van der Waals surface area contributed by atoms with Crippen LogP contribution >= 0.6 is 11.6 Å². The monoisotopic (exact) mass is 389 g/mol. The molecule has 0 fully saturated rings. The van der Waals surface area contributed by atoms with Gasteiger partial charge in [0.2, 0.25) is 0 Å². The summed E-state index contributed by atoms with van der Waals surface area (Å²) in [5.41, 5.74) is 2.30. The molecule has 0 saturated heterocycles. The van der Waals surface area contributed by atoms with Crippen LogP contribution in [0.4, 0.5) is 0 Å². The number of amides is 1. The lowest BCUT2D eigenvalue weighted by atomic mass is 10.1. The quantitative estimate of drug-likeness (QED) is 0.529. The van der Waals surface area contributed by atoms with Crippen molar-refractivity contribution in [3.63, 3.8) is 0 Å². The molecule has 1 atom stereocenters. The Labute approximate surface area is 166 Å². The van der Waals surface area contributed by atoms with Gasteiger partial charge in [-0.25, -0.2) is 0 Å². The van der Waals surface area contributed by atoms with Crippen molar-refractivity contribution < 1.29 is 9.90 Å². The van der Waals surface area contributed by atoms with Gasteiger partial charge in [0.1, 0.15) is 5.70 Å². The maximum absolute atomic E-state index is 13.0. The number of carbonyl (C=O) groups excluding carboxylic acids is 1. The summed E-state index contributed by atoms with van der Waals surface area (Å²) >= 11 is 6.35. The predicted molar refractivity (Wildman–Crippen MR) is 111 cm³/mol. The highest BCUT2D eigenvalue weighted by atomic mass is 35.5. The molecule has 0 aromatic heterocycles. The Bertz CT molecular complexity index is 732. The number of hydrogen-bond donors (Lipinski definition) is 1. The summed E-state index contributed by atoms with van der Waals surface area (Å²) in [6.45, 7) is 4.52. The first-order valence-corrected chi connectivity index (χ1v) is 9.64. The number of aliphatic imine (C=N–C) groups is 1. The van der Waals surface area contributed by atoms with Gasteiger partial charge in [-0.15, -0.1) is 0 Å². The molecular weight excluding hydrogens is 362 g/mol. The molecule has 0 bridgehead atoms. The zero-order chi connectivity index (χ0) is 19.8. The van der Waals surface area contributed by atoms with E-state index in [0.29, 0.717) is 23.7 Å². The average Bonchev–Trinajstić information content (AvgIpc) is 2.84. The number of nitrogens with zero attached hydrogens (tertiary/aromatic N) is 3. The van der Waals surface area contributed by atoms with Crippen molar-refractivity contribution in [2.24, 2.45) is 10.9 Å². The molecule has 1 N–H and O–H groups in total. The van der Waals surface area contributed by atoms with Crippen molar-refractivity contribution in [3.8, 4) is 0 Å². The van der Waals surface area contributed by atoms with Gasteiger partial charge in [-0.05, 0) is 43.8 Å². The Balaban J connectivity index is 2.20. The van der Waals surface area contributed by atoms with Crippen molar-refractivity contribution in [3.05, 3.63) is 58.7 Å². The van der Waals surface area contributed by atoms with E-state index < -0.39 is 0 Å². The number of aliphatic hydroxyl groups is 1. The van der Waals surface area contributed by atoms with E-state index in [2.05, 4.69) is 11.9 Å². The zero-order valence-corrected chi connectivity index (χ0v) is 17.0. The molecule has 1 aliphatic heterocycles. The van der Waals surface area contributed by atoms with Gasteiger partial charge in [0, 0.05) is 36.8 Å².